The average Bonchev–Trinajstić information content (AvgIpc) is 3.09. The number of imidazole rings is 1. The second-order valence-corrected chi connectivity index (χ2v) is 10.2. The first-order chi connectivity index (χ1) is 14.8. The third-order valence-electron chi connectivity index (χ3n) is 6.15. The van der Waals surface area contributed by atoms with Gasteiger partial charge in [-0.15, -0.1) is 0 Å². The average molecular weight is 450 g/mol. The van der Waals surface area contributed by atoms with Crippen LogP contribution in [0, 0.1) is 5.92 Å². The first kappa shape index (κ1) is 23.7. The Morgan fingerprint density at radius 3 is 2.65 bits per heavy atom. The number of carbonyl (C=O) groups excluding carboxylic acids is 1. The van der Waals surface area contributed by atoms with Crippen molar-refractivity contribution < 1.29 is 13.2 Å². The molecule has 1 fully saturated rings. The number of carbonyl (C=O) groups is 1. The van der Waals surface area contributed by atoms with Gasteiger partial charge in [-0.2, -0.15) is 4.31 Å². The first-order valence-electron chi connectivity index (χ1n) is 11.3. The van der Waals surface area contributed by atoms with Crippen LogP contribution in [0.3, 0.4) is 0 Å². The number of likely N-dealkylation sites (tertiary alicyclic amines) is 1. The van der Waals surface area contributed by atoms with Crippen LogP contribution in [0.2, 0.25) is 0 Å². The number of benzene rings is 1. The molecule has 172 valence electrons. The van der Waals surface area contributed by atoms with Crippen molar-refractivity contribution >= 4 is 27.0 Å². The second kappa shape index (κ2) is 10.1. The molecule has 1 unspecified atom stereocenters. The van der Waals surface area contributed by atoms with Gasteiger partial charge in [0.05, 0.1) is 28.4 Å². The van der Waals surface area contributed by atoms with Gasteiger partial charge in [0, 0.05) is 26.2 Å². The van der Waals surface area contributed by atoms with Crippen LogP contribution < -0.4 is 5.73 Å². The molecule has 0 aliphatic carbocycles. The highest BCUT2D eigenvalue weighted by molar-refractivity contribution is 7.89. The van der Waals surface area contributed by atoms with E-state index in [9.17, 15) is 13.2 Å². The van der Waals surface area contributed by atoms with E-state index >= 15 is 0 Å². The Bertz CT molecular complexity index is 1010. The largest absolute Gasteiger partial charge is 0.369 e. The molecule has 2 N–H and O–H groups in total. The summed E-state index contributed by atoms with van der Waals surface area (Å²) in [5.74, 6) is 0.550. The van der Waals surface area contributed by atoms with Gasteiger partial charge in [0.1, 0.15) is 5.82 Å². The number of aromatic nitrogens is 2. The summed E-state index contributed by atoms with van der Waals surface area (Å²) in [5, 5.41) is 0. The molecule has 1 aliphatic rings. The highest BCUT2D eigenvalue weighted by Crippen LogP contribution is 2.25. The number of primary amides is 1. The van der Waals surface area contributed by atoms with Gasteiger partial charge in [-0.25, -0.2) is 13.4 Å². The maximum atomic E-state index is 13.0. The van der Waals surface area contributed by atoms with Crippen molar-refractivity contribution in [2.45, 2.75) is 64.4 Å². The number of sulfonamides is 1. The molecule has 2 heterocycles. The first-order valence-corrected chi connectivity index (χ1v) is 12.8. The molecule has 2 aromatic rings. The lowest BCUT2D eigenvalue weighted by Crippen LogP contribution is -2.41. The topological polar surface area (TPSA) is 102 Å². The van der Waals surface area contributed by atoms with Crippen molar-refractivity contribution in [3.63, 3.8) is 0 Å². The molecule has 0 saturated carbocycles. The molecule has 31 heavy (non-hydrogen) atoms. The predicted molar refractivity (Wildman–Crippen MR) is 122 cm³/mol. The van der Waals surface area contributed by atoms with E-state index in [2.05, 4.69) is 16.4 Å². The molecular weight excluding hydrogens is 414 g/mol. The zero-order valence-electron chi connectivity index (χ0n) is 18.9. The molecule has 1 saturated heterocycles. The Kier molecular flexibility index (Phi) is 7.72. The van der Waals surface area contributed by atoms with Crippen molar-refractivity contribution in [2.75, 3.05) is 26.2 Å². The van der Waals surface area contributed by atoms with Crippen LogP contribution in [-0.4, -0.2) is 59.3 Å². The van der Waals surface area contributed by atoms with Gasteiger partial charge in [0.2, 0.25) is 15.9 Å². The molecule has 3 rings (SSSR count). The summed E-state index contributed by atoms with van der Waals surface area (Å²) in [6.45, 7) is 9.71. The van der Waals surface area contributed by atoms with E-state index < -0.39 is 10.0 Å². The number of hydrogen-bond acceptors (Lipinski definition) is 5. The van der Waals surface area contributed by atoms with Crippen LogP contribution in [0.5, 0.6) is 0 Å². The van der Waals surface area contributed by atoms with Gasteiger partial charge in [0.15, 0.2) is 0 Å². The summed E-state index contributed by atoms with van der Waals surface area (Å²) in [6.07, 6.45) is 3.85. The normalized spacial score (nSPS) is 18.1. The lowest BCUT2D eigenvalue weighted by Gasteiger charge is -2.30. The molecule has 1 aromatic carbocycles. The molecule has 1 amide bonds. The fourth-order valence-corrected chi connectivity index (χ4v) is 5.83. The maximum absolute atomic E-state index is 13.0. The van der Waals surface area contributed by atoms with Crippen molar-refractivity contribution in [3.05, 3.63) is 24.0 Å². The number of amides is 1. The van der Waals surface area contributed by atoms with Crippen molar-refractivity contribution in [3.8, 4) is 0 Å². The molecule has 1 aromatic heterocycles. The Hall–Kier alpha value is -1.97. The van der Waals surface area contributed by atoms with Crippen molar-refractivity contribution in [1.29, 1.82) is 0 Å². The number of piperidine rings is 1. The highest BCUT2D eigenvalue weighted by atomic mass is 32.2. The van der Waals surface area contributed by atoms with Gasteiger partial charge < -0.3 is 10.3 Å². The lowest BCUT2D eigenvalue weighted by molar-refractivity contribution is -0.123. The molecule has 0 spiro atoms. The van der Waals surface area contributed by atoms with Gasteiger partial charge in [0.25, 0.3) is 0 Å². The SMILES string of the molecule is CCCCn1c(CN2CCCC(C(N)=O)C2)nc2cc(S(=O)(=O)N(CC)CC)ccc21. The molecular formula is C22H35N5O3S. The molecule has 9 heteroatoms. The summed E-state index contributed by atoms with van der Waals surface area (Å²) >= 11 is 0. The predicted octanol–water partition coefficient (Wildman–Crippen LogP) is 2.56. The molecule has 0 radical (unpaired) electrons. The van der Waals surface area contributed by atoms with Crippen LogP contribution >= 0.6 is 0 Å². The van der Waals surface area contributed by atoms with Crippen molar-refractivity contribution in [2.24, 2.45) is 11.7 Å². The quantitative estimate of drug-likeness (QED) is 0.601. The van der Waals surface area contributed by atoms with Gasteiger partial charge >= 0.3 is 0 Å². The minimum atomic E-state index is -3.53. The Morgan fingerprint density at radius 2 is 2.00 bits per heavy atom. The minimum Gasteiger partial charge on any atom is -0.369 e. The van der Waals surface area contributed by atoms with E-state index in [0.717, 1.165) is 50.1 Å². The minimum absolute atomic E-state index is 0.118. The number of nitrogens with zero attached hydrogens (tertiary/aromatic N) is 4. The fourth-order valence-electron chi connectivity index (χ4n) is 4.35. The molecule has 0 bridgehead atoms. The van der Waals surface area contributed by atoms with Crippen molar-refractivity contribution in [1.82, 2.24) is 18.8 Å². The number of rotatable bonds is 10. The molecule has 8 nitrogen and oxygen atoms in total. The number of unbranched alkanes of at least 4 members (excludes halogenated alkanes) is 1. The Labute approximate surface area is 185 Å². The van der Waals surface area contributed by atoms with Crippen LogP contribution in [0.25, 0.3) is 11.0 Å². The lowest BCUT2D eigenvalue weighted by atomic mass is 9.97. The van der Waals surface area contributed by atoms with Gasteiger partial charge in [-0.3, -0.25) is 9.69 Å². The zero-order chi connectivity index (χ0) is 22.6. The number of fused-ring (bicyclic) bond motifs is 1. The maximum Gasteiger partial charge on any atom is 0.243 e. The van der Waals surface area contributed by atoms with Crippen LogP contribution in [0.1, 0.15) is 52.3 Å². The third-order valence-corrected chi connectivity index (χ3v) is 8.20. The van der Waals surface area contributed by atoms with E-state index in [1.165, 1.54) is 4.31 Å². The van der Waals surface area contributed by atoms with Crippen LogP contribution in [0.15, 0.2) is 23.1 Å². The second-order valence-electron chi connectivity index (χ2n) is 8.25. The summed E-state index contributed by atoms with van der Waals surface area (Å²) in [5.41, 5.74) is 7.18. The fraction of sp³-hybridized carbons (Fsp3) is 0.636. The van der Waals surface area contributed by atoms with E-state index in [-0.39, 0.29) is 16.7 Å². The summed E-state index contributed by atoms with van der Waals surface area (Å²) in [7, 11) is -3.53. The van der Waals surface area contributed by atoms with Gasteiger partial charge in [-0.1, -0.05) is 27.2 Å². The number of hydrogen-bond donors (Lipinski definition) is 1. The summed E-state index contributed by atoms with van der Waals surface area (Å²) < 4.78 is 29.6. The van der Waals surface area contributed by atoms with Crippen LogP contribution in [0.4, 0.5) is 0 Å². The third kappa shape index (κ3) is 5.10. The number of nitrogens with two attached hydrogens (primary N) is 1. The highest BCUT2D eigenvalue weighted by Gasteiger charge is 2.26. The van der Waals surface area contributed by atoms with E-state index in [0.29, 0.717) is 31.7 Å². The molecule has 1 atom stereocenters. The standard InChI is InChI=1S/C22H35N5O3S/c1-4-7-13-27-20-11-10-18(31(29,30)26(5-2)6-3)14-19(20)24-21(27)16-25-12-8-9-17(15-25)22(23)28/h10-11,14,17H,4-9,12-13,15-16H2,1-3H3,(H2,23,28). The van der Waals surface area contributed by atoms with Crippen LogP contribution in [-0.2, 0) is 27.9 Å². The summed E-state index contributed by atoms with van der Waals surface area (Å²) in [6, 6.07) is 5.26. The monoisotopic (exact) mass is 449 g/mol. The number of aryl methyl sites for hydroxylation is 1. The summed E-state index contributed by atoms with van der Waals surface area (Å²) in [4.78, 5) is 19.0. The van der Waals surface area contributed by atoms with E-state index in [1.54, 1.807) is 12.1 Å². The van der Waals surface area contributed by atoms with E-state index in [4.69, 9.17) is 10.7 Å². The molecule has 1 aliphatic heterocycles. The zero-order valence-corrected chi connectivity index (χ0v) is 19.7. The van der Waals surface area contributed by atoms with Gasteiger partial charge in [-0.05, 0) is 44.0 Å². The Morgan fingerprint density at radius 1 is 1.26 bits per heavy atom. The smallest absolute Gasteiger partial charge is 0.243 e. The van der Waals surface area contributed by atoms with E-state index in [1.807, 2.05) is 19.9 Å². The Balaban J connectivity index is 1.96.